The lowest BCUT2D eigenvalue weighted by atomic mass is 10.3. The van der Waals surface area contributed by atoms with Gasteiger partial charge in [0.2, 0.25) is 0 Å². The second kappa shape index (κ2) is 5.97. The first kappa shape index (κ1) is 13.0. The molecule has 0 aliphatic carbocycles. The number of hydrogen-bond donors (Lipinski definition) is 2. The van der Waals surface area contributed by atoms with Crippen LogP contribution in [0.4, 0.5) is 10.8 Å². The molecule has 0 radical (unpaired) electrons. The number of ether oxygens (including phenoxy) is 1. The second-order valence-electron chi connectivity index (χ2n) is 3.60. The predicted molar refractivity (Wildman–Crippen MR) is 78.1 cm³/mol. The van der Waals surface area contributed by atoms with Crippen molar-refractivity contribution in [3.05, 3.63) is 29.3 Å². The van der Waals surface area contributed by atoms with E-state index >= 15 is 0 Å². The quantitative estimate of drug-likeness (QED) is 0.651. The lowest BCUT2D eigenvalue weighted by Crippen LogP contribution is -1.94. The van der Waals surface area contributed by atoms with Crippen LogP contribution in [0.5, 0.6) is 5.75 Å². The van der Waals surface area contributed by atoms with Crippen LogP contribution in [0, 0.1) is 0 Å². The fraction of sp³-hybridized carbons (Fsp3) is 0.250. The van der Waals surface area contributed by atoms with Gasteiger partial charge in [-0.2, -0.15) is 0 Å². The molecule has 0 saturated carbocycles. The van der Waals surface area contributed by atoms with Crippen molar-refractivity contribution in [3.63, 3.8) is 0 Å². The highest BCUT2D eigenvalue weighted by Crippen LogP contribution is 2.31. The molecule has 0 aliphatic heterocycles. The van der Waals surface area contributed by atoms with E-state index in [1.54, 1.807) is 11.8 Å². The maximum Gasteiger partial charge on any atom is 0.180 e. The maximum absolute atomic E-state index is 5.94. The van der Waals surface area contributed by atoms with Crippen molar-refractivity contribution in [3.8, 4) is 5.75 Å². The van der Waals surface area contributed by atoms with Crippen LogP contribution in [-0.2, 0) is 5.75 Å². The smallest absolute Gasteiger partial charge is 0.180 e. The van der Waals surface area contributed by atoms with E-state index in [9.17, 15) is 0 Å². The van der Waals surface area contributed by atoms with Gasteiger partial charge in [0, 0.05) is 21.7 Å². The van der Waals surface area contributed by atoms with Crippen molar-refractivity contribution < 1.29 is 4.74 Å². The Labute approximate surface area is 114 Å². The number of nitrogens with two attached hydrogens (primary N) is 2. The van der Waals surface area contributed by atoms with Crippen molar-refractivity contribution in [2.45, 2.75) is 17.6 Å². The fourth-order valence-electron chi connectivity index (χ4n) is 1.44. The third-order valence-electron chi connectivity index (χ3n) is 2.24. The lowest BCUT2D eigenvalue weighted by Gasteiger charge is -2.08. The average molecular weight is 281 g/mol. The zero-order valence-corrected chi connectivity index (χ0v) is 11.7. The number of thiazole rings is 1. The Balaban J connectivity index is 2.05. The summed E-state index contributed by atoms with van der Waals surface area (Å²) in [6, 6.07) is 5.70. The van der Waals surface area contributed by atoms with Gasteiger partial charge in [-0.3, -0.25) is 0 Å². The summed E-state index contributed by atoms with van der Waals surface area (Å²) in [7, 11) is 0. The van der Waals surface area contributed by atoms with E-state index < -0.39 is 0 Å². The first-order chi connectivity index (χ1) is 8.69. The first-order valence-electron chi connectivity index (χ1n) is 5.54. The van der Waals surface area contributed by atoms with Crippen molar-refractivity contribution in [1.29, 1.82) is 0 Å². The van der Waals surface area contributed by atoms with Crippen molar-refractivity contribution in [2.75, 3.05) is 18.1 Å². The van der Waals surface area contributed by atoms with Gasteiger partial charge in [-0.25, -0.2) is 4.98 Å². The summed E-state index contributed by atoms with van der Waals surface area (Å²) in [5, 5.41) is 2.56. The molecule has 1 aromatic heterocycles. The largest absolute Gasteiger partial charge is 0.494 e. The van der Waals surface area contributed by atoms with E-state index in [0.29, 0.717) is 11.7 Å². The summed E-state index contributed by atoms with van der Waals surface area (Å²) in [4.78, 5) is 5.22. The van der Waals surface area contributed by atoms with Crippen LogP contribution in [0.1, 0.15) is 12.6 Å². The van der Waals surface area contributed by atoms with E-state index in [0.717, 1.165) is 27.8 Å². The SMILES string of the molecule is CCOc1ccc(N)c(SCc2csc(N)n2)c1. The Hall–Kier alpha value is -1.40. The molecular weight excluding hydrogens is 266 g/mol. The highest BCUT2D eigenvalue weighted by molar-refractivity contribution is 7.98. The summed E-state index contributed by atoms with van der Waals surface area (Å²) < 4.78 is 5.46. The number of rotatable bonds is 5. The van der Waals surface area contributed by atoms with Crippen molar-refractivity contribution in [1.82, 2.24) is 4.98 Å². The monoisotopic (exact) mass is 281 g/mol. The zero-order valence-electron chi connectivity index (χ0n) is 10.1. The first-order valence-corrected chi connectivity index (χ1v) is 7.40. The number of thioether (sulfide) groups is 1. The lowest BCUT2D eigenvalue weighted by molar-refractivity contribution is 0.339. The molecule has 0 saturated heterocycles. The Morgan fingerprint density at radius 2 is 2.22 bits per heavy atom. The Kier molecular flexibility index (Phi) is 4.33. The van der Waals surface area contributed by atoms with Gasteiger partial charge in [0.25, 0.3) is 0 Å². The van der Waals surface area contributed by atoms with Crippen molar-refractivity contribution in [2.24, 2.45) is 0 Å². The average Bonchev–Trinajstić information content (AvgIpc) is 2.76. The predicted octanol–water partition coefficient (Wildman–Crippen LogP) is 3.00. The minimum atomic E-state index is 0.599. The summed E-state index contributed by atoms with van der Waals surface area (Å²) in [5.41, 5.74) is 13.3. The molecule has 18 heavy (non-hydrogen) atoms. The Bertz CT molecular complexity index is 528. The number of benzene rings is 1. The van der Waals surface area contributed by atoms with E-state index in [2.05, 4.69) is 4.98 Å². The third-order valence-corrected chi connectivity index (χ3v) is 4.07. The van der Waals surface area contributed by atoms with Crippen LogP contribution in [0.15, 0.2) is 28.5 Å². The maximum atomic E-state index is 5.94. The van der Waals surface area contributed by atoms with Gasteiger partial charge in [-0.05, 0) is 25.1 Å². The van der Waals surface area contributed by atoms with Crippen LogP contribution in [-0.4, -0.2) is 11.6 Å². The molecule has 0 spiro atoms. The molecule has 0 unspecified atom stereocenters. The molecule has 1 aromatic carbocycles. The van der Waals surface area contributed by atoms with Gasteiger partial charge in [0.15, 0.2) is 5.13 Å². The van der Waals surface area contributed by atoms with E-state index in [1.165, 1.54) is 11.3 Å². The molecule has 2 aromatic rings. The number of nitrogen functional groups attached to an aromatic ring is 2. The minimum absolute atomic E-state index is 0.599. The van der Waals surface area contributed by atoms with Crippen molar-refractivity contribution >= 4 is 33.9 Å². The molecule has 4 N–H and O–H groups in total. The van der Waals surface area contributed by atoms with E-state index in [-0.39, 0.29) is 0 Å². The number of hydrogen-bond acceptors (Lipinski definition) is 6. The van der Waals surface area contributed by atoms with Crippen LogP contribution in [0.2, 0.25) is 0 Å². The Morgan fingerprint density at radius 3 is 2.89 bits per heavy atom. The summed E-state index contributed by atoms with van der Waals surface area (Å²) >= 11 is 3.09. The molecule has 4 nitrogen and oxygen atoms in total. The molecule has 2 rings (SSSR count). The normalized spacial score (nSPS) is 10.5. The topological polar surface area (TPSA) is 74.2 Å². The number of anilines is 2. The molecule has 0 aliphatic rings. The molecule has 0 amide bonds. The highest BCUT2D eigenvalue weighted by Gasteiger charge is 2.05. The molecule has 96 valence electrons. The van der Waals surface area contributed by atoms with Crippen LogP contribution < -0.4 is 16.2 Å². The van der Waals surface area contributed by atoms with Gasteiger partial charge < -0.3 is 16.2 Å². The standard InChI is InChI=1S/C12H15N3OS2/c1-2-16-9-3-4-10(13)11(5-9)17-6-8-7-18-12(14)15-8/h3-5,7H,2,6,13H2,1H3,(H2,14,15). The van der Waals surface area contributed by atoms with Gasteiger partial charge in [-0.15, -0.1) is 23.1 Å². The summed E-state index contributed by atoms with van der Waals surface area (Å²) in [5.74, 6) is 1.60. The van der Waals surface area contributed by atoms with E-state index in [1.807, 2.05) is 30.5 Å². The molecule has 6 heteroatoms. The fourth-order valence-corrected chi connectivity index (χ4v) is 2.99. The zero-order chi connectivity index (χ0) is 13.0. The van der Waals surface area contributed by atoms with Gasteiger partial charge >= 0.3 is 0 Å². The molecule has 1 heterocycles. The van der Waals surface area contributed by atoms with Crippen LogP contribution in [0.3, 0.4) is 0 Å². The summed E-state index contributed by atoms with van der Waals surface area (Å²) in [6.45, 7) is 2.61. The van der Waals surface area contributed by atoms with E-state index in [4.69, 9.17) is 16.2 Å². The summed E-state index contributed by atoms with van der Waals surface area (Å²) in [6.07, 6.45) is 0. The van der Waals surface area contributed by atoms with Crippen LogP contribution in [0.25, 0.3) is 0 Å². The third kappa shape index (κ3) is 3.30. The van der Waals surface area contributed by atoms with Gasteiger partial charge in [-0.1, -0.05) is 0 Å². The van der Waals surface area contributed by atoms with Gasteiger partial charge in [0.1, 0.15) is 5.75 Å². The minimum Gasteiger partial charge on any atom is -0.494 e. The van der Waals surface area contributed by atoms with Crippen LogP contribution >= 0.6 is 23.1 Å². The molecule has 0 fully saturated rings. The second-order valence-corrected chi connectivity index (χ2v) is 5.51. The molecule has 0 bridgehead atoms. The highest BCUT2D eigenvalue weighted by atomic mass is 32.2. The molecule has 0 atom stereocenters. The Morgan fingerprint density at radius 1 is 1.39 bits per heavy atom. The molecular formula is C12H15N3OS2. The number of nitrogens with zero attached hydrogens (tertiary/aromatic N) is 1. The van der Waals surface area contributed by atoms with Gasteiger partial charge in [0.05, 0.1) is 12.3 Å². The number of aromatic nitrogens is 1.